The Balaban J connectivity index is 2.07. The fourth-order valence-corrected chi connectivity index (χ4v) is 2.57. The molecule has 1 aromatic carbocycles. The second-order valence-corrected chi connectivity index (χ2v) is 6.21. The number of carbonyl (C=O) groups is 3. The highest BCUT2D eigenvalue weighted by Gasteiger charge is 2.33. The van der Waals surface area contributed by atoms with Crippen LogP contribution in [0.1, 0.15) is 26.7 Å². The van der Waals surface area contributed by atoms with Crippen molar-refractivity contribution < 1.29 is 19.5 Å². The van der Waals surface area contributed by atoms with Gasteiger partial charge in [0.2, 0.25) is 11.8 Å². The molecule has 6 nitrogen and oxygen atoms in total. The summed E-state index contributed by atoms with van der Waals surface area (Å²) in [4.78, 5) is 35.5. The highest BCUT2D eigenvalue weighted by molar-refractivity contribution is 5.97. The molecule has 6 heteroatoms. The largest absolute Gasteiger partial charge is 0.481 e. The van der Waals surface area contributed by atoms with Crippen LogP contribution in [0.3, 0.4) is 0 Å². The molecular formula is C18H22N2O4. The first kappa shape index (κ1) is 17.7. The molecule has 2 atom stereocenters. The van der Waals surface area contributed by atoms with Crippen LogP contribution in [0.15, 0.2) is 36.4 Å². The minimum atomic E-state index is -0.961. The smallest absolute Gasteiger partial charge is 0.307 e. The quantitative estimate of drug-likeness (QED) is 0.723. The molecule has 0 saturated carbocycles. The van der Waals surface area contributed by atoms with Crippen LogP contribution in [0.5, 0.6) is 0 Å². The molecule has 0 unspecified atom stereocenters. The number of aliphatic carboxylic acids is 1. The van der Waals surface area contributed by atoms with E-state index < -0.39 is 17.8 Å². The Morgan fingerprint density at radius 1 is 1.04 bits per heavy atom. The zero-order chi connectivity index (χ0) is 17.7. The number of amides is 2. The van der Waals surface area contributed by atoms with Gasteiger partial charge in [0.25, 0.3) is 0 Å². The lowest BCUT2D eigenvalue weighted by Crippen LogP contribution is -2.34. The van der Waals surface area contributed by atoms with Crippen LogP contribution in [-0.4, -0.2) is 22.9 Å². The molecule has 24 heavy (non-hydrogen) atoms. The Hall–Kier alpha value is -2.63. The van der Waals surface area contributed by atoms with Crippen LogP contribution in [0.25, 0.3) is 0 Å². The summed E-state index contributed by atoms with van der Waals surface area (Å²) < 4.78 is 0. The number of carboxylic acid groups (broad SMARTS) is 1. The van der Waals surface area contributed by atoms with E-state index in [9.17, 15) is 19.5 Å². The lowest BCUT2D eigenvalue weighted by molar-refractivity contribution is -0.146. The Morgan fingerprint density at radius 2 is 1.62 bits per heavy atom. The summed E-state index contributed by atoms with van der Waals surface area (Å²) in [6, 6.07) is 6.82. The number of carboxylic acids is 1. The topological polar surface area (TPSA) is 95.5 Å². The number of hydrogen-bond donors (Lipinski definition) is 3. The minimum Gasteiger partial charge on any atom is -0.481 e. The molecule has 2 rings (SSSR count). The Labute approximate surface area is 140 Å². The number of allylic oxidation sites excluding steroid dienone is 2. The number of nitrogens with one attached hydrogen (secondary N) is 2. The summed E-state index contributed by atoms with van der Waals surface area (Å²) in [6.45, 7) is 3.59. The summed E-state index contributed by atoms with van der Waals surface area (Å²) in [7, 11) is 0. The maximum Gasteiger partial charge on any atom is 0.307 e. The van der Waals surface area contributed by atoms with Gasteiger partial charge in [-0.3, -0.25) is 14.4 Å². The molecule has 1 aliphatic rings. The molecule has 0 radical (unpaired) electrons. The van der Waals surface area contributed by atoms with Gasteiger partial charge in [0, 0.05) is 17.3 Å². The van der Waals surface area contributed by atoms with Gasteiger partial charge in [-0.1, -0.05) is 32.1 Å². The van der Waals surface area contributed by atoms with E-state index in [1.807, 2.05) is 6.08 Å². The normalized spacial score (nSPS) is 19.8. The third kappa shape index (κ3) is 4.44. The summed E-state index contributed by atoms with van der Waals surface area (Å²) in [6.07, 6.45) is 4.40. The molecular weight excluding hydrogens is 308 g/mol. The molecule has 128 valence electrons. The van der Waals surface area contributed by atoms with E-state index in [-0.39, 0.29) is 17.7 Å². The summed E-state index contributed by atoms with van der Waals surface area (Å²) in [5.74, 6) is -2.84. The maximum atomic E-state index is 12.4. The van der Waals surface area contributed by atoms with Crippen molar-refractivity contribution in [2.24, 2.45) is 17.8 Å². The molecule has 0 aromatic heterocycles. The predicted octanol–water partition coefficient (Wildman–Crippen LogP) is 2.89. The van der Waals surface area contributed by atoms with Crippen molar-refractivity contribution in [3.05, 3.63) is 36.4 Å². The summed E-state index contributed by atoms with van der Waals surface area (Å²) >= 11 is 0. The average Bonchev–Trinajstić information content (AvgIpc) is 2.55. The molecule has 0 fully saturated rings. The third-order valence-corrected chi connectivity index (χ3v) is 4.01. The van der Waals surface area contributed by atoms with E-state index in [2.05, 4.69) is 10.6 Å². The van der Waals surface area contributed by atoms with Gasteiger partial charge >= 0.3 is 5.97 Å². The van der Waals surface area contributed by atoms with Gasteiger partial charge in [-0.15, -0.1) is 0 Å². The predicted molar refractivity (Wildman–Crippen MR) is 91.5 cm³/mol. The van der Waals surface area contributed by atoms with Crippen molar-refractivity contribution in [1.29, 1.82) is 0 Å². The highest BCUT2D eigenvalue weighted by atomic mass is 16.4. The van der Waals surface area contributed by atoms with Crippen LogP contribution >= 0.6 is 0 Å². The van der Waals surface area contributed by atoms with E-state index >= 15 is 0 Å². The molecule has 2 amide bonds. The lowest BCUT2D eigenvalue weighted by Gasteiger charge is -2.24. The minimum absolute atomic E-state index is 0.109. The Kier molecular flexibility index (Phi) is 5.73. The number of hydrogen-bond acceptors (Lipinski definition) is 3. The van der Waals surface area contributed by atoms with Crippen LogP contribution in [0.4, 0.5) is 11.4 Å². The van der Waals surface area contributed by atoms with Crippen LogP contribution in [-0.2, 0) is 14.4 Å². The standard InChI is InChI=1S/C18H22N2O4/c1-11(2)16(21)19-12-6-5-7-13(10-12)20-17(22)14-8-3-4-9-15(14)18(23)24/h3-7,10-11,14-15H,8-9H2,1-2H3,(H,19,21)(H,20,22)(H,23,24)/t14-,15-/m0/s1. The van der Waals surface area contributed by atoms with E-state index in [4.69, 9.17) is 0 Å². The molecule has 1 aromatic rings. The summed E-state index contributed by atoms with van der Waals surface area (Å²) in [5.41, 5.74) is 1.12. The van der Waals surface area contributed by atoms with Gasteiger partial charge in [0.05, 0.1) is 11.8 Å². The molecule has 1 aliphatic carbocycles. The van der Waals surface area contributed by atoms with Gasteiger partial charge in [-0.2, -0.15) is 0 Å². The van der Waals surface area contributed by atoms with Gasteiger partial charge in [-0.05, 0) is 31.0 Å². The van der Waals surface area contributed by atoms with Crippen LogP contribution in [0, 0.1) is 17.8 Å². The van der Waals surface area contributed by atoms with E-state index in [1.165, 1.54) is 0 Å². The Morgan fingerprint density at radius 3 is 2.21 bits per heavy atom. The first-order valence-electron chi connectivity index (χ1n) is 7.98. The second kappa shape index (κ2) is 7.77. The van der Waals surface area contributed by atoms with Gasteiger partial charge in [0.1, 0.15) is 0 Å². The zero-order valence-electron chi connectivity index (χ0n) is 13.8. The number of carbonyl (C=O) groups excluding carboxylic acids is 2. The summed E-state index contributed by atoms with van der Waals surface area (Å²) in [5, 5.41) is 14.8. The fourth-order valence-electron chi connectivity index (χ4n) is 2.57. The van der Waals surface area contributed by atoms with Crippen molar-refractivity contribution >= 4 is 29.2 Å². The first-order valence-corrected chi connectivity index (χ1v) is 7.98. The molecule has 0 spiro atoms. The molecule has 0 aliphatic heterocycles. The third-order valence-electron chi connectivity index (χ3n) is 4.01. The van der Waals surface area contributed by atoms with E-state index in [0.29, 0.717) is 24.2 Å². The number of benzene rings is 1. The average molecular weight is 330 g/mol. The zero-order valence-corrected chi connectivity index (χ0v) is 13.8. The molecule has 0 saturated heterocycles. The highest BCUT2D eigenvalue weighted by Crippen LogP contribution is 2.27. The fraction of sp³-hybridized carbons (Fsp3) is 0.389. The van der Waals surface area contributed by atoms with Gasteiger partial charge in [0.15, 0.2) is 0 Å². The van der Waals surface area contributed by atoms with Crippen molar-refractivity contribution in [2.45, 2.75) is 26.7 Å². The number of rotatable bonds is 5. The Bertz CT molecular complexity index is 667. The van der Waals surface area contributed by atoms with E-state index in [1.54, 1.807) is 44.2 Å². The lowest BCUT2D eigenvalue weighted by atomic mass is 9.82. The SMILES string of the molecule is CC(C)C(=O)Nc1cccc(NC(=O)[C@H]2CC=CC[C@@H]2C(=O)O)c1. The maximum absolute atomic E-state index is 12.4. The monoisotopic (exact) mass is 330 g/mol. The van der Waals surface area contributed by atoms with Gasteiger partial charge < -0.3 is 15.7 Å². The van der Waals surface area contributed by atoms with Crippen molar-refractivity contribution in [2.75, 3.05) is 10.6 Å². The van der Waals surface area contributed by atoms with E-state index in [0.717, 1.165) is 0 Å². The van der Waals surface area contributed by atoms with Gasteiger partial charge in [-0.25, -0.2) is 0 Å². The first-order chi connectivity index (χ1) is 11.4. The van der Waals surface area contributed by atoms with Crippen LogP contribution in [0.2, 0.25) is 0 Å². The van der Waals surface area contributed by atoms with Crippen molar-refractivity contribution in [3.63, 3.8) is 0 Å². The van der Waals surface area contributed by atoms with Crippen LogP contribution < -0.4 is 10.6 Å². The van der Waals surface area contributed by atoms with Crippen molar-refractivity contribution in [3.8, 4) is 0 Å². The molecule has 3 N–H and O–H groups in total. The number of anilines is 2. The molecule has 0 heterocycles. The molecule has 0 bridgehead atoms. The van der Waals surface area contributed by atoms with Crippen molar-refractivity contribution in [1.82, 2.24) is 0 Å². The second-order valence-electron chi connectivity index (χ2n) is 6.21.